The molecule has 0 saturated carbocycles. The maximum Gasteiger partial charge on any atom is 0.125 e. The van der Waals surface area contributed by atoms with Gasteiger partial charge in [-0.05, 0) is 49.4 Å². The molecule has 0 aliphatic carbocycles. The van der Waals surface area contributed by atoms with Crippen molar-refractivity contribution in [2.45, 2.75) is 12.5 Å². The van der Waals surface area contributed by atoms with Crippen molar-refractivity contribution in [1.82, 2.24) is 5.32 Å². The first kappa shape index (κ1) is 15.8. The lowest BCUT2D eigenvalue weighted by Gasteiger charge is -2.23. The van der Waals surface area contributed by atoms with Crippen molar-refractivity contribution in [2.24, 2.45) is 0 Å². The third-order valence-corrected chi connectivity index (χ3v) is 3.87. The van der Waals surface area contributed by atoms with E-state index in [4.69, 9.17) is 11.6 Å². The number of rotatable bonds is 6. The Morgan fingerprint density at radius 2 is 1.90 bits per heavy atom. The minimum Gasteiger partial charge on any atom is -0.374 e. The molecule has 0 aliphatic rings. The number of halogens is 2. The smallest absolute Gasteiger partial charge is 0.125 e. The summed E-state index contributed by atoms with van der Waals surface area (Å²) >= 11 is 5.92. The van der Waals surface area contributed by atoms with Crippen LogP contribution in [-0.2, 0) is 0 Å². The van der Waals surface area contributed by atoms with Crippen LogP contribution in [0.4, 0.5) is 10.1 Å². The number of anilines is 1. The van der Waals surface area contributed by atoms with Crippen molar-refractivity contribution in [3.63, 3.8) is 0 Å². The molecule has 21 heavy (non-hydrogen) atoms. The van der Waals surface area contributed by atoms with Crippen LogP contribution in [0.5, 0.6) is 0 Å². The summed E-state index contributed by atoms with van der Waals surface area (Å²) in [5.74, 6) is -0.206. The quantitative estimate of drug-likeness (QED) is 0.857. The number of nitrogens with one attached hydrogen (secondary N) is 1. The normalized spacial score (nSPS) is 12.2. The Bertz CT molecular complexity index is 571. The minimum atomic E-state index is -0.206. The second kappa shape index (κ2) is 7.43. The van der Waals surface area contributed by atoms with Crippen LogP contribution >= 0.6 is 11.6 Å². The first-order valence-electron chi connectivity index (χ1n) is 6.99. The van der Waals surface area contributed by atoms with E-state index in [2.05, 4.69) is 10.2 Å². The predicted octanol–water partition coefficient (Wildman–Crippen LogP) is 4.27. The van der Waals surface area contributed by atoms with Gasteiger partial charge in [-0.1, -0.05) is 29.8 Å². The average molecular weight is 307 g/mol. The van der Waals surface area contributed by atoms with Crippen molar-refractivity contribution in [3.05, 3.63) is 64.9 Å². The summed E-state index contributed by atoms with van der Waals surface area (Å²) < 4.78 is 13.2. The van der Waals surface area contributed by atoms with E-state index >= 15 is 0 Å². The highest BCUT2D eigenvalue weighted by molar-refractivity contribution is 6.30. The fourth-order valence-corrected chi connectivity index (χ4v) is 2.46. The molecule has 0 heterocycles. The van der Waals surface area contributed by atoms with Gasteiger partial charge in [-0.15, -0.1) is 0 Å². The van der Waals surface area contributed by atoms with E-state index in [-0.39, 0.29) is 11.9 Å². The van der Waals surface area contributed by atoms with Crippen molar-refractivity contribution >= 4 is 17.3 Å². The fourth-order valence-electron chi connectivity index (χ4n) is 2.34. The van der Waals surface area contributed by atoms with Crippen LogP contribution in [0, 0.1) is 5.82 Å². The highest BCUT2D eigenvalue weighted by Gasteiger charge is 2.11. The highest BCUT2D eigenvalue weighted by Crippen LogP contribution is 2.21. The van der Waals surface area contributed by atoms with Gasteiger partial charge < -0.3 is 10.2 Å². The SMILES string of the molecule is CNC(CCN(C)c1cccc(F)c1)c1ccc(Cl)cc1. The Morgan fingerprint density at radius 3 is 2.52 bits per heavy atom. The van der Waals surface area contributed by atoms with Crippen LogP contribution in [0.25, 0.3) is 0 Å². The van der Waals surface area contributed by atoms with Gasteiger partial charge in [0.2, 0.25) is 0 Å². The molecule has 2 nitrogen and oxygen atoms in total. The lowest BCUT2D eigenvalue weighted by Crippen LogP contribution is -2.25. The van der Waals surface area contributed by atoms with Crippen LogP contribution in [-0.4, -0.2) is 20.6 Å². The molecule has 2 aromatic rings. The average Bonchev–Trinajstić information content (AvgIpc) is 2.49. The molecule has 0 spiro atoms. The Hall–Kier alpha value is -1.58. The second-order valence-electron chi connectivity index (χ2n) is 5.08. The van der Waals surface area contributed by atoms with Crippen molar-refractivity contribution in [2.75, 3.05) is 25.5 Å². The van der Waals surface area contributed by atoms with E-state index in [0.717, 1.165) is 23.7 Å². The summed E-state index contributed by atoms with van der Waals surface area (Å²) in [6, 6.07) is 14.8. The fraction of sp³-hybridized carbons (Fsp3) is 0.294. The highest BCUT2D eigenvalue weighted by atomic mass is 35.5. The van der Waals surface area contributed by atoms with Gasteiger partial charge in [0, 0.05) is 30.3 Å². The zero-order valence-electron chi connectivity index (χ0n) is 12.3. The second-order valence-corrected chi connectivity index (χ2v) is 5.52. The van der Waals surface area contributed by atoms with Gasteiger partial charge in [-0.25, -0.2) is 4.39 Å². The van der Waals surface area contributed by atoms with Crippen LogP contribution in [0.3, 0.4) is 0 Å². The zero-order valence-corrected chi connectivity index (χ0v) is 13.1. The molecule has 0 fully saturated rings. The molecule has 0 aromatic heterocycles. The van der Waals surface area contributed by atoms with E-state index in [1.54, 1.807) is 12.1 Å². The molecule has 0 saturated heterocycles. The van der Waals surface area contributed by atoms with E-state index in [1.807, 2.05) is 44.4 Å². The van der Waals surface area contributed by atoms with E-state index in [9.17, 15) is 4.39 Å². The Balaban J connectivity index is 1.98. The molecule has 112 valence electrons. The lowest BCUT2D eigenvalue weighted by atomic mass is 10.0. The summed E-state index contributed by atoms with van der Waals surface area (Å²) in [6.45, 7) is 0.831. The summed E-state index contributed by atoms with van der Waals surface area (Å²) in [4.78, 5) is 2.06. The van der Waals surface area contributed by atoms with Crippen LogP contribution in [0.15, 0.2) is 48.5 Å². The molecule has 1 unspecified atom stereocenters. The minimum absolute atomic E-state index is 0.206. The Kier molecular flexibility index (Phi) is 5.59. The molecule has 0 radical (unpaired) electrons. The van der Waals surface area contributed by atoms with Gasteiger partial charge in [-0.2, -0.15) is 0 Å². The first-order chi connectivity index (χ1) is 10.1. The van der Waals surface area contributed by atoms with Crippen molar-refractivity contribution in [3.8, 4) is 0 Å². The van der Waals surface area contributed by atoms with Crippen LogP contribution in [0.2, 0.25) is 5.02 Å². The first-order valence-corrected chi connectivity index (χ1v) is 7.37. The molecule has 0 aliphatic heterocycles. The van der Waals surface area contributed by atoms with E-state index < -0.39 is 0 Å². The van der Waals surface area contributed by atoms with Gasteiger partial charge >= 0.3 is 0 Å². The summed E-state index contributed by atoms with van der Waals surface area (Å²) in [7, 11) is 3.92. The maximum atomic E-state index is 13.2. The Labute approximate surface area is 130 Å². The van der Waals surface area contributed by atoms with Gasteiger partial charge in [-0.3, -0.25) is 0 Å². The number of hydrogen-bond acceptors (Lipinski definition) is 2. The number of hydrogen-bond donors (Lipinski definition) is 1. The topological polar surface area (TPSA) is 15.3 Å². The monoisotopic (exact) mass is 306 g/mol. The molecule has 1 atom stereocenters. The van der Waals surface area contributed by atoms with Gasteiger partial charge in [0.05, 0.1) is 0 Å². The third-order valence-electron chi connectivity index (χ3n) is 3.62. The van der Waals surface area contributed by atoms with Crippen molar-refractivity contribution < 1.29 is 4.39 Å². The molecule has 2 aromatic carbocycles. The molecule has 0 bridgehead atoms. The maximum absolute atomic E-state index is 13.2. The van der Waals surface area contributed by atoms with Crippen LogP contribution in [0.1, 0.15) is 18.0 Å². The molecule has 1 N–H and O–H groups in total. The van der Waals surface area contributed by atoms with Crippen molar-refractivity contribution in [1.29, 1.82) is 0 Å². The van der Waals surface area contributed by atoms with E-state index in [1.165, 1.54) is 11.6 Å². The summed E-state index contributed by atoms with van der Waals surface area (Å²) in [6.07, 6.45) is 0.922. The zero-order chi connectivity index (χ0) is 15.2. The van der Waals surface area contributed by atoms with Gasteiger partial charge in [0.25, 0.3) is 0 Å². The molecule has 4 heteroatoms. The molecule has 0 amide bonds. The van der Waals surface area contributed by atoms with E-state index in [0.29, 0.717) is 0 Å². The Morgan fingerprint density at radius 1 is 1.19 bits per heavy atom. The number of benzene rings is 2. The summed E-state index contributed by atoms with van der Waals surface area (Å²) in [5, 5.41) is 4.05. The van der Waals surface area contributed by atoms with Gasteiger partial charge in [0.15, 0.2) is 0 Å². The lowest BCUT2D eigenvalue weighted by molar-refractivity contribution is 0.549. The largest absolute Gasteiger partial charge is 0.374 e. The predicted molar refractivity (Wildman–Crippen MR) is 87.5 cm³/mol. The molecular weight excluding hydrogens is 287 g/mol. The van der Waals surface area contributed by atoms with Crippen LogP contribution < -0.4 is 10.2 Å². The molecular formula is C17H20ClFN2. The summed E-state index contributed by atoms with van der Waals surface area (Å²) in [5.41, 5.74) is 2.09. The number of nitrogens with zero attached hydrogens (tertiary/aromatic N) is 1. The standard InChI is InChI=1S/C17H20ClFN2/c1-20-17(13-6-8-14(18)9-7-13)10-11-21(2)16-5-3-4-15(19)12-16/h3-9,12,17,20H,10-11H2,1-2H3. The molecule has 2 rings (SSSR count). The van der Waals surface area contributed by atoms with Gasteiger partial charge in [0.1, 0.15) is 5.82 Å². The third kappa shape index (κ3) is 4.45.